The van der Waals surface area contributed by atoms with E-state index in [1.54, 1.807) is 26.2 Å². The van der Waals surface area contributed by atoms with E-state index in [2.05, 4.69) is 4.98 Å². The van der Waals surface area contributed by atoms with Crippen molar-refractivity contribution < 1.29 is 19.4 Å². The van der Waals surface area contributed by atoms with Gasteiger partial charge in [-0.15, -0.1) is 0 Å². The maximum atomic E-state index is 11.3. The molecular formula is C13H16N2O4. The number of carbonyl (C=O) groups excluding carboxylic acids is 1. The van der Waals surface area contributed by atoms with Crippen LogP contribution in [-0.2, 0) is 9.59 Å². The SMILES string of the molecule is CN(C)C(=O)CCOc1ccc(C=CC(=O)O)nc1. The molecule has 1 N–H and O–H groups in total. The lowest BCUT2D eigenvalue weighted by molar-refractivity contribution is -0.131. The second kappa shape index (κ2) is 7.15. The number of nitrogens with zero attached hydrogens (tertiary/aromatic N) is 2. The van der Waals surface area contributed by atoms with Crippen LogP contribution in [0.4, 0.5) is 0 Å². The molecule has 0 fully saturated rings. The Labute approximate surface area is 111 Å². The van der Waals surface area contributed by atoms with E-state index in [9.17, 15) is 9.59 Å². The largest absolute Gasteiger partial charge is 0.491 e. The summed E-state index contributed by atoms with van der Waals surface area (Å²) in [5.41, 5.74) is 0.527. The highest BCUT2D eigenvalue weighted by Gasteiger charge is 2.04. The summed E-state index contributed by atoms with van der Waals surface area (Å²) in [5, 5.41) is 8.47. The molecule has 1 rings (SSSR count). The molecule has 6 heteroatoms. The summed E-state index contributed by atoms with van der Waals surface area (Å²) >= 11 is 0. The number of carbonyl (C=O) groups is 2. The fraction of sp³-hybridized carbons (Fsp3) is 0.308. The molecule has 19 heavy (non-hydrogen) atoms. The zero-order chi connectivity index (χ0) is 14.3. The fourth-order valence-corrected chi connectivity index (χ4v) is 1.21. The number of aromatic nitrogens is 1. The van der Waals surface area contributed by atoms with Crippen LogP contribution in [0, 0.1) is 0 Å². The van der Waals surface area contributed by atoms with E-state index < -0.39 is 5.97 Å². The maximum Gasteiger partial charge on any atom is 0.328 e. The molecule has 1 aromatic rings. The number of rotatable bonds is 6. The van der Waals surface area contributed by atoms with Gasteiger partial charge >= 0.3 is 5.97 Å². The minimum absolute atomic E-state index is 0.00558. The normalized spacial score (nSPS) is 10.4. The van der Waals surface area contributed by atoms with Gasteiger partial charge in [-0.3, -0.25) is 9.78 Å². The molecule has 0 bridgehead atoms. The number of amides is 1. The van der Waals surface area contributed by atoms with E-state index in [1.807, 2.05) is 0 Å². The van der Waals surface area contributed by atoms with Crippen molar-refractivity contribution in [3.8, 4) is 5.75 Å². The van der Waals surface area contributed by atoms with Crippen molar-refractivity contribution in [1.29, 1.82) is 0 Å². The van der Waals surface area contributed by atoms with Gasteiger partial charge in [-0.05, 0) is 18.2 Å². The third kappa shape index (κ3) is 5.67. The van der Waals surface area contributed by atoms with Crippen LogP contribution in [0.15, 0.2) is 24.4 Å². The molecule has 0 aliphatic carbocycles. The summed E-state index contributed by atoms with van der Waals surface area (Å²) in [4.78, 5) is 27.1. The van der Waals surface area contributed by atoms with Crippen molar-refractivity contribution in [3.05, 3.63) is 30.1 Å². The second-order valence-corrected chi connectivity index (χ2v) is 3.98. The molecule has 0 aliphatic rings. The molecule has 0 aliphatic heterocycles. The van der Waals surface area contributed by atoms with Crippen molar-refractivity contribution in [2.24, 2.45) is 0 Å². The number of carboxylic acid groups (broad SMARTS) is 1. The summed E-state index contributed by atoms with van der Waals surface area (Å²) in [6.45, 7) is 0.281. The Kier molecular flexibility index (Phi) is 5.53. The quantitative estimate of drug-likeness (QED) is 0.776. The van der Waals surface area contributed by atoms with Crippen molar-refractivity contribution in [2.75, 3.05) is 20.7 Å². The highest BCUT2D eigenvalue weighted by Crippen LogP contribution is 2.10. The van der Waals surface area contributed by atoms with Gasteiger partial charge in [-0.2, -0.15) is 0 Å². The average Bonchev–Trinajstić information content (AvgIpc) is 2.37. The molecule has 102 valence electrons. The Bertz CT molecular complexity index is 466. The third-order valence-electron chi connectivity index (χ3n) is 2.24. The summed E-state index contributed by atoms with van der Waals surface area (Å²) < 4.78 is 5.36. The van der Waals surface area contributed by atoms with E-state index in [0.717, 1.165) is 6.08 Å². The first-order valence-electron chi connectivity index (χ1n) is 5.69. The summed E-state index contributed by atoms with van der Waals surface area (Å²) in [6, 6.07) is 3.32. The Morgan fingerprint density at radius 2 is 2.16 bits per heavy atom. The number of pyridine rings is 1. The van der Waals surface area contributed by atoms with Crippen LogP contribution in [0.1, 0.15) is 12.1 Å². The molecule has 0 unspecified atom stereocenters. The van der Waals surface area contributed by atoms with E-state index >= 15 is 0 Å². The van der Waals surface area contributed by atoms with Crippen LogP contribution < -0.4 is 4.74 Å². The fourth-order valence-electron chi connectivity index (χ4n) is 1.21. The van der Waals surface area contributed by atoms with Crippen LogP contribution in [-0.4, -0.2) is 47.6 Å². The smallest absolute Gasteiger partial charge is 0.328 e. The van der Waals surface area contributed by atoms with Crippen molar-refractivity contribution >= 4 is 18.0 Å². The Morgan fingerprint density at radius 3 is 2.68 bits per heavy atom. The van der Waals surface area contributed by atoms with Crippen LogP contribution in [0.3, 0.4) is 0 Å². The zero-order valence-electron chi connectivity index (χ0n) is 10.9. The maximum absolute atomic E-state index is 11.3. The molecule has 0 radical (unpaired) electrons. The molecule has 1 aromatic heterocycles. The van der Waals surface area contributed by atoms with Crippen LogP contribution in [0.25, 0.3) is 6.08 Å². The lowest BCUT2D eigenvalue weighted by Gasteiger charge is -2.10. The first-order chi connectivity index (χ1) is 8.99. The van der Waals surface area contributed by atoms with Gasteiger partial charge in [0.05, 0.1) is 24.9 Å². The van der Waals surface area contributed by atoms with Gasteiger partial charge in [-0.25, -0.2) is 4.79 Å². The first-order valence-corrected chi connectivity index (χ1v) is 5.69. The minimum Gasteiger partial charge on any atom is -0.491 e. The zero-order valence-corrected chi connectivity index (χ0v) is 10.9. The van der Waals surface area contributed by atoms with Gasteiger partial charge in [0.25, 0.3) is 0 Å². The van der Waals surface area contributed by atoms with E-state index in [0.29, 0.717) is 17.9 Å². The molecule has 0 saturated heterocycles. The van der Waals surface area contributed by atoms with Gasteiger partial charge in [0, 0.05) is 20.2 Å². The molecular weight excluding hydrogens is 248 g/mol. The highest BCUT2D eigenvalue weighted by molar-refractivity contribution is 5.84. The monoisotopic (exact) mass is 264 g/mol. The molecule has 0 aromatic carbocycles. The van der Waals surface area contributed by atoms with Crippen molar-refractivity contribution in [2.45, 2.75) is 6.42 Å². The molecule has 0 spiro atoms. The van der Waals surface area contributed by atoms with Gasteiger partial charge in [-0.1, -0.05) is 0 Å². The summed E-state index contributed by atoms with van der Waals surface area (Å²) in [5.74, 6) is -0.489. The lowest BCUT2D eigenvalue weighted by Crippen LogP contribution is -2.23. The topological polar surface area (TPSA) is 79.7 Å². The Balaban J connectivity index is 2.44. The van der Waals surface area contributed by atoms with Crippen molar-refractivity contribution in [1.82, 2.24) is 9.88 Å². The van der Waals surface area contributed by atoms with E-state index in [1.165, 1.54) is 17.2 Å². The Hall–Kier alpha value is -2.37. The second-order valence-electron chi connectivity index (χ2n) is 3.98. The average molecular weight is 264 g/mol. The minimum atomic E-state index is -1.02. The molecule has 1 amide bonds. The van der Waals surface area contributed by atoms with Crippen molar-refractivity contribution in [3.63, 3.8) is 0 Å². The highest BCUT2D eigenvalue weighted by atomic mass is 16.5. The summed E-state index contributed by atoms with van der Waals surface area (Å²) in [7, 11) is 3.38. The summed E-state index contributed by atoms with van der Waals surface area (Å²) in [6.07, 6.45) is 4.19. The van der Waals surface area contributed by atoms with E-state index in [-0.39, 0.29) is 12.5 Å². The Morgan fingerprint density at radius 1 is 1.42 bits per heavy atom. The lowest BCUT2D eigenvalue weighted by atomic mass is 10.3. The molecule has 0 saturated carbocycles. The van der Waals surface area contributed by atoms with Gasteiger partial charge in [0.15, 0.2) is 0 Å². The van der Waals surface area contributed by atoms with Crippen LogP contribution in [0.5, 0.6) is 5.75 Å². The van der Waals surface area contributed by atoms with Crippen LogP contribution in [0.2, 0.25) is 0 Å². The number of hydrogen-bond acceptors (Lipinski definition) is 4. The molecule has 0 atom stereocenters. The van der Waals surface area contributed by atoms with E-state index in [4.69, 9.17) is 9.84 Å². The number of aliphatic carboxylic acids is 1. The van der Waals surface area contributed by atoms with Gasteiger partial charge < -0.3 is 14.7 Å². The predicted octanol–water partition coefficient (Wildman–Crippen LogP) is 1.04. The predicted molar refractivity (Wildman–Crippen MR) is 69.7 cm³/mol. The molecule has 6 nitrogen and oxygen atoms in total. The standard InChI is InChI=1S/C13H16N2O4/c1-15(2)12(16)7-8-19-11-5-3-10(14-9-11)4-6-13(17)18/h3-6,9H,7-8H2,1-2H3,(H,17,18). The number of carboxylic acids is 1. The number of ether oxygens (including phenoxy) is 1. The first kappa shape index (κ1) is 14.7. The van der Waals surface area contributed by atoms with Crippen LogP contribution >= 0.6 is 0 Å². The van der Waals surface area contributed by atoms with Gasteiger partial charge in [0.1, 0.15) is 5.75 Å². The number of hydrogen-bond donors (Lipinski definition) is 1. The van der Waals surface area contributed by atoms with Gasteiger partial charge in [0.2, 0.25) is 5.91 Å². The third-order valence-corrected chi connectivity index (χ3v) is 2.24. The molecule has 1 heterocycles.